The van der Waals surface area contributed by atoms with Gasteiger partial charge >= 0.3 is 0 Å². The van der Waals surface area contributed by atoms with Crippen LogP contribution in [-0.4, -0.2) is 48.6 Å². The number of piperazine rings is 1. The second kappa shape index (κ2) is 7.92. The molecule has 1 aromatic carbocycles. The average molecular weight is 372 g/mol. The van der Waals surface area contributed by atoms with Crippen molar-refractivity contribution in [3.05, 3.63) is 63.8 Å². The number of pyridine rings is 1. The molecule has 0 radical (unpaired) electrons. The fourth-order valence-electron chi connectivity index (χ4n) is 3.29. The highest BCUT2D eigenvalue weighted by Gasteiger charge is 2.21. The summed E-state index contributed by atoms with van der Waals surface area (Å²) < 4.78 is 15.3. The molecule has 1 unspecified atom stereocenters. The second-order valence-electron chi connectivity index (χ2n) is 7.06. The van der Waals surface area contributed by atoms with E-state index < -0.39 is 0 Å². The van der Waals surface area contributed by atoms with E-state index >= 15 is 0 Å². The van der Waals surface area contributed by atoms with E-state index in [4.69, 9.17) is 0 Å². The van der Waals surface area contributed by atoms with Gasteiger partial charge in [0, 0.05) is 56.7 Å². The molecule has 1 fully saturated rings. The van der Waals surface area contributed by atoms with Gasteiger partial charge in [-0.1, -0.05) is 0 Å². The number of likely N-dealkylation sites (N-methyl/N-ethyl adjacent to an activating group) is 1. The van der Waals surface area contributed by atoms with Gasteiger partial charge in [-0.2, -0.15) is 0 Å². The molecule has 1 aromatic heterocycles. The summed E-state index contributed by atoms with van der Waals surface area (Å²) in [5.74, 6) is -0.627. The van der Waals surface area contributed by atoms with Gasteiger partial charge in [-0.15, -0.1) is 0 Å². The second-order valence-corrected chi connectivity index (χ2v) is 7.06. The Labute approximate surface area is 158 Å². The van der Waals surface area contributed by atoms with Crippen molar-refractivity contribution in [3.63, 3.8) is 0 Å². The minimum absolute atomic E-state index is 0.179. The predicted molar refractivity (Wildman–Crippen MR) is 104 cm³/mol. The molecule has 0 spiro atoms. The van der Waals surface area contributed by atoms with Crippen LogP contribution < -0.4 is 15.8 Å². The van der Waals surface area contributed by atoms with E-state index in [-0.39, 0.29) is 23.3 Å². The average Bonchev–Trinajstić information content (AvgIpc) is 2.64. The molecule has 27 heavy (non-hydrogen) atoms. The number of halogens is 1. The summed E-state index contributed by atoms with van der Waals surface area (Å²) in [7, 11) is 3.68. The van der Waals surface area contributed by atoms with Crippen molar-refractivity contribution in [1.29, 1.82) is 0 Å². The number of nitrogens with zero attached hydrogens (tertiary/aromatic N) is 3. The van der Waals surface area contributed by atoms with Gasteiger partial charge in [-0.05, 0) is 38.2 Å². The fourth-order valence-corrected chi connectivity index (χ4v) is 3.29. The van der Waals surface area contributed by atoms with Crippen molar-refractivity contribution in [2.24, 2.45) is 7.05 Å². The SMILES string of the molecule is CC(NC(=O)c1ccc(=O)n(C)c1)c1cc(F)ccc1N1CCN(C)CC1. The van der Waals surface area contributed by atoms with E-state index in [1.807, 2.05) is 6.92 Å². The van der Waals surface area contributed by atoms with Gasteiger partial charge in [-0.3, -0.25) is 9.59 Å². The third-order valence-corrected chi connectivity index (χ3v) is 5.00. The van der Waals surface area contributed by atoms with E-state index in [1.54, 1.807) is 13.1 Å². The molecule has 0 bridgehead atoms. The number of benzene rings is 1. The van der Waals surface area contributed by atoms with Crippen LogP contribution in [0.1, 0.15) is 28.9 Å². The first-order valence-electron chi connectivity index (χ1n) is 9.05. The maximum atomic E-state index is 13.9. The van der Waals surface area contributed by atoms with Gasteiger partial charge in [0.1, 0.15) is 5.82 Å². The van der Waals surface area contributed by atoms with Crippen LogP contribution >= 0.6 is 0 Å². The molecule has 1 amide bonds. The number of rotatable bonds is 4. The highest BCUT2D eigenvalue weighted by atomic mass is 19.1. The summed E-state index contributed by atoms with van der Waals surface area (Å²) in [4.78, 5) is 28.5. The number of anilines is 1. The smallest absolute Gasteiger partial charge is 0.253 e. The normalized spacial score (nSPS) is 16.2. The summed E-state index contributed by atoms with van der Waals surface area (Å²) in [5.41, 5.74) is 1.90. The van der Waals surface area contributed by atoms with Gasteiger partial charge in [0.05, 0.1) is 11.6 Å². The monoisotopic (exact) mass is 372 g/mol. The van der Waals surface area contributed by atoms with E-state index in [0.717, 1.165) is 37.4 Å². The van der Waals surface area contributed by atoms with Crippen LogP contribution in [0, 0.1) is 5.82 Å². The van der Waals surface area contributed by atoms with E-state index in [2.05, 4.69) is 22.2 Å². The van der Waals surface area contributed by atoms with Crippen molar-refractivity contribution in [2.45, 2.75) is 13.0 Å². The van der Waals surface area contributed by atoms with Crippen LogP contribution in [0.15, 0.2) is 41.3 Å². The zero-order valence-electron chi connectivity index (χ0n) is 15.9. The Kier molecular flexibility index (Phi) is 5.60. The summed E-state index contributed by atoms with van der Waals surface area (Å²) in [6, 6.07) is 7.21. The Balaban J connectivity index is 1.82. The number of aromatic nitrogens is 1. The number of hydrogen-bond acceptors (Lipinski definition) is 4. The Morgan fingerprint density at radius 2 is 1.81 bits per heavy atom. The quantitative estimate of drug-likeness (QED) is 0.889. The zero-order valence-corrected chi connectivity index (χ0v) is 15.9. The summed E-state index contributed by atoms with van der Waals surface area (Å²) in [5, 5.41) is 2.92. The number of nitrogens with one attached hydrogen (secondary N) is 1. The van der Waals surface area contributed by atoms with Crippen LogP contribution in [0.25, 0.3) is 0 Å². The molecule has 1 atom stereocenters. The molecule has 2 heterocycles. The largest absolute Gasteiger partial charge is 0.369 e. The topological polar surface area (TPSA) is 57.6 Å². The van der Waals surface area contributed by atoms with Crippen LogP contribution in [-0.2, 0) is 7.05 Å². The van der Waals surface area contributed by atoms with Crippen molar-refractivity contribution in [1.82, 2.24) is 14.8 Å². The van der Waals surface area contributed by atoms with E-state index in [1.165, 1.54) is 35.0 Å². The molecule has 1 N–H and O–H groups in total. The van der Waals surface area contributed by atoms with Gasteiger partial charge in [0.25, 0.3) is 5.91 Å². The van der Waals surface area contributed by atoms with E-state index in [0.29, 0.717) is 5.56 Å². The fraction of sp³-hybridized carbons (Fsp3) is 0.400. The Hall–Kier alpha value is -2.67. The maximum absolute atomic E-state index is 13.9. The Bertz CT molecular complexity index is 888. The molecular weight excluding hydrogens is 347 g/mol. The number of carbonyl (C=O) groups excluding carboxylic acids is 1. The third-order valence-electron chi connectivity index (χ3n) is 5.00. The molecule has 0 saturated carbocycles. The lowest BCUT2D eigenvalue weighted by atomic mass is 10.0. The van der Waals surface area contributed by atoms with Crippen molar-refractivity contribution in [2.75, 3.05) is 38.1 Å². The van der Waals surface area contributed by atoms with Gasteiger partial charge in [0.2, 0.25) is 5.56 Å². The van der Waals surface area contributed by atoms with Crippen LogP contribution in [0.3, 0.4) is 0 Å². The summed E-state index contributed by atoms with van der Waals surface area (Å²) >= 11 is 0. The molecule has 1 aliphatic rings. The molecule has 2 aromatic rings. The van der Waals surface area contributed by atoms with Crippen LogP contribution in [0.5, 0.6) is 0 Å². The lowest BCUT2D eigenvalue weighted by Crippen LogP contribution is -2.45. The molecule has 1 saturated heterocycles. The molecule has 1 aliphatic heterocycles. The van der Waals surface area contributed by atoms with E-state index in [9.17, 15) is 14.0 Å². The van der Waals surface area contributed by atoms with Gasteiger partial charge < -0.3 is 19.7 Å². The number of hydrogen-bond donors (Lipinski definition) is 1. The first kappa shape index (κ1) is 19.1. The maximum Gasteiger partial charge on any atom is 0.253 e. The number of aryl methyl sites for hydroxylation is 1. The highest BCUT2D eigenvalue weighted by molar-refractivity contribution is 5.94. The third kappa shape index (κ3) is 4.36. The molecule has 0 aliphatic carbocycles. The van der Waals surface area contributed by atoms with Crippen molar-refractivity contribution in [3.8, 4) is 0 Å². The first-order chi connectivity index (χ1) is 12.8. The highest BCUT2D eigenvalue weighted by Crippen LogP contribution is 2.28. The Morgan fingerprint density at radius 3 is 2.48 bits per heavy atom. The number of amides is 1. The summed E-state index contributed by atoms with van der Waals surface area (Å²) in [6.07, 6.45) is 1.50. The van der Waals surface area contributed by atoms with Crippen LogP contribution in [0.4, 0.5) is 10.1 Å². The minimum atomic E-state index is -0.375. The van der Waals surface area contributed by atoms with Crippen molar-refractivity contribution >= 4 is 11.6 Å². The minimum Gasteiger partial charge on any atom is -0.369 e. The molecule has 144 valence electrons. The van der Waals surface area contributed by atoms with Crippen LogP contribution in [0.2, 0.25) is 0 Å². The molecule has 7 heteroatoms. The predicted octanol–water partition coefficient (Wildman–Crippen LogP) is 1.77. The Morgan fingerprint density at radius 1 is 1.11 bits per heavy atom. The lowest BCUT2D eigenvalue weighted by Gasteiger charge is -2.36. The van der Waals surface area contributed by atoms with Gasteiger partial charge in [-0.25, -0.2) is 4.39 Å². The first-order valence-corrected chi connectivity index (χ1v) is 9.05. The lowest BCUT2D eigenvalue weighted by molar-refractivity contribution is 0.0939. The standard InChI is InChI=1S/C20H25FN4O2/c1-14(22-20(27)15-4-7-19(26)24(3)13-15)17-12-16(21)5-6-18(17)25-10-8-23(2)9-11-25/h4-7,12-14H,8-11H2,1-3H3,(H,22,27). The van der Waals surface area contributed by atoms with Gasteiger partial charge in [0.15, 0.2) is 0 Å². The molecular formula is C20H25FN4O2. The zero-order chi connectivity index (χ0) is 19.6. The molecule has 3 rings (SSSR count). The molecule has 6 nitrogen and oxygen atoms in total. The number of carbonyl (C=O) groups is 1. The van der Waals surface area contributed by atoms with Crippen molar-refractivity contribution < 1.29 is 9.18 Å². The summed E-state index contributed by atoms with van der Waals surface area (Å²) in [6.45, 7) is 5.44.